The minimum Gasteiger partial charge on any atom is -0.481 e. The third-order valence-corrected chi connectivity index (χ3v) is 3.70. The van der Waals surface area contributed by atoms with Gasteiger partial charge in [-0.1, -0.05) is 36.4 Å². The third-order valence-electron chi connectivity index (χ3n) is 3.70. The number of carboxylic acids is 1. The van der Waals surface area contributed by atoms with Gasteiger partial charge in [-0.05, 0) is 42.2 Å². The molecule has 2 aromatic rings. The Kier molecular flexibility index (Phi) is 5.53. The number of hydrogen-bond donors (Lipinski definition) is 2. The SMILES string of the molecule is CC(NC(=O)CCCCC(=O)O)c1ccc2ccccc2c1. The first-order valence-electron chi connectivity index (χ1n) is 7.56. The van der Waals surface area contributed by atoms with Crippen molar-refractivity contribution in [2.24, 2.45) is 0 Å². The van der Waals surface area contributed by atoms with Gasteiger partial charge in [0.2, 0.25) is 5.91 Å². The molecule has 0 aromatic heterocycles. The molecule has 0 spiro atoms. The summed E-state index contributed by atoms with van der Waals surface area (Å²) in [5.41, 5.74) is 1.07. The Hall–Kier alpha value is -2.36. The molecule has 2 rings (SSSR count). The van der Waals surface area contributed by atoms with Gasteiger partial charge in [0.1, 0.15) is 0 Å². The van der Waals surface area contributed by atoms with Crippen LogP contribution >= 0.6 is 0 Å². The first kappa shape index (κ1) is 16.0. The average Bonchev–Trinajstić information content (AvgIpc) is 2.51. The number of unbranched alkanes of at least 4 members (excludes halogenated alkanes) is 1. The van der Waals surface area contributed by atoms with E-state index in [9.17, 15) is 9.59 Å². The number of rotatable bonds is 7. The molecule has 0 saturated heterocycles. The van der Waals surface area contributed by atoms with Crippen molar-refractivity contribution in [2.75, 3.05) is 0 Å². The second-order valence-corrected chi connectivity index (χ2v) is 5.50. The summed E-state index contributed by atoms with van der Waals surface area (Å²) in [5, 5.41) is 13.9. The zero-order valence-electron chi connectivity index (χ0n) is 12.7. The van der Waals surface area contributed by atoms with Gasteiger partial charge in [0.25, 0.3) is 0 Å². The molecule has 1 atom stereocenters. The van der Waals surface area contributed by atoms with Crippen molar-refractivity contribution in [2.45, 2.75) is 38.6 Å². The quantitative estimate of drug-likeness (QED) is 0.767. The second kappa shape index (κ2) is 7.59. The van der Waals surface area contributed by atoms with Crippen molar-refractivity contribution in [3.63, 3.8) is 0 Å². The Morgan fingerprint density at radius 3 is 2.45 bits per heavy atom. The number of carbonyl (C=O) groups is 2. The number of aliphatic carboxylic acids is 1. The zero-order chi connectivity index (χ0) is 15.9. The molecular weight excluding hydrogens is 278 g/mol. The summed E-state index contributed by atoms with van der Waals surface area (Å²) < 4.78 is 0. The maximum absolute atomic E-state index is 11.9. The van der Waals surface area contributed by atoms with E-state index in [0.29, 0.717) is 19.3 Å². The highest BCUT2D eigenvalue weighted by Crippen LogP contribution is 2.20. The zero-order valence-corrected chi connectivity index (χ0v) is 12.7. The van der Waals surface area contributed by atoms with Crippen LogP contribution in [-0.2, 0) is 9.59 Å². The van der Waals surface area contributed by atoms with Crippen molar-refractivity contribution in [3.05, 3.63) is 48.0 Å². The first-order chi connectivity index (χ1) is 10.6. The molecule has 2 aromatic carbocycles. The summed E-state index contributed by atoms with van der Waals surface area (Å²) in [6, 6.07) is 14.2. The van der Waals surface area contributed by atoms with Gasteiger partial charge in [0.15, 0.2) is 0 Å². The van der Waals surface area contributed by atoms with Crippen LogP contribution in [0.15, 0.2) is 42.5 Å². The molecule has 0 aliphatic carbocycles. The van der Waals surface area contributed by atoms with Gasteiger partial charge in [0.05, 0.1) is 6.04 Å². The maximum atomic E-state index is 11.9. The number of fused-ring (bicyclic) bond motifs is 1. The molecule has 0 saturated carbocycles. The Morgan fingerprint density at radius 2 is 1.73 bits per heavy atom. The van der Waals surface area contributed by atoms with Crippen LogP contribution in [0.5, 0.6) is 0 Å². The molecule has 22 heavy (non-hydrogen) atoms. The van der Waals surface area contributed by atoms with E-state index >= 15 is 0 Å². The first-order valence-corrected chi connectivity index (χ1v) is 7.56. The summed E-state index contributed by atoms with van der Waals surface area (Å²) in [6.07, 6.45) is 1.62. The number of carboxylic acid groups (broad SMARTS) is 1. The number of hydrogen-bond acceptors (Lipinski definition) is 2. The predicted molar refractivity (Wildman–Crippen MR) is 86.6 cm³/mol. The molecule has 0 fully saturated rings. The molecule has 1 amide bonds. The molecular formula is C18H21NO3. The van der Waals surface area contributed by atoms with Crippen molar-refractivity contribution in [1.29, 1.82) is 0 Å². The van der Waals surface area contributed by atoms with E-state index in [1.54, 1.807) is 0 Å². The summed E-state index contributed by atoms with van der Waals surface area (Å²) in [4.78, 5) is 22.3. The van der Waals surface area contributed by atoms with Crippen LogP contribution in [0.3, 0.4) is 0 Å². The van der Waals surface area contributed by atoms with Crippen molar-refractivity contribution in [3.8, 4) is 0 Å². The highest BCUT2D eigenvalue weighted by atomic mass is 16.4. The van der Waals surface area contributed by atoms with Crippen LogP contribution in [0, 0.1) is 0 Å². The fraction of sp³-hybridized carbons (Fsp3) is 0.333. The van der Waals surface area contributed by atoms with Gasteiger partial charge in [-0.3, -0.25) is 9.59 Å². The third kappa shape index (κ3) is 4.58. The molecule has 0 bridgehead atoms. The standard InChI is InChI=1S/C18H21NO3/c1-13(19-17(20)8-4-5-9-18(21)22)15-11-10-14-6-2-3-7-16(14)12-15/h2-3,6-7,10-13H,4-5,8-9H2,1H3,(H,19,20)(H,21,22). The number of benzene rings is 2. The van der Waals surface area contributed by atoms with E-state index in [-0.39, 0.29) is 18.4 Å². The molecule has 0 aliphatic rings. The van der Waals surface area contributed by atoms with Gasteiger partial charge < -0.3 is 10.4 Å². The topological polar surface area (TPSA) is 66.4 Å². The largest absolute Gasteiger partial charge is 0.481 e. The van der Waals surface area contributed by atoms with Crippen LogP contribution in [0.2, 0.25) is 0 Å². The van der Waals surface area contributed by atoms with Crippen LogP contribution in [0.4, 0.5) is 0 Å². The van der Waals surface area contributed by atoms with Crippen molar-refractivity contribution < 1.29 is 14.7 Å². The van der Waals surface area contributed by atoms with Gasteiger partial charge in [-0.25, -0.2) is 0 Å². The molecule has 1 unspecified atom stereocenters. The molecule has 4 nitrogen and oxygen atoms in total. The van der Waals surface area contributed by atoms with Gasteiger partial charge in [0, 0.05) is 12.8 Å². The van der Waals surface area contributed by atoms with E-state index in [2.05, 4.69) is 29.6 Å². The fourth-order valence-electron chi connectivity index (χ4n) is 2.44. The Bertz CT molecular complexity index is 666. The van der Waals surface area contributed by atoms with E-state index < -0.39 is 5.97 Å². The molecule has 0 aliphatic heterocycles. The normalized spacial score (nSPS) is 12.0. The van der Waals surface area contributed by atoms with Crippen LogP contribution < -0.4 is 5.32 Å². The number of nitrogens with one attached hydrogen (secondary N) is 1. The van der Waals surface area contributed by atoms with E-state index in [4.69, 9.17) is 5.11 Å². The minimum atomic E-state index is -0.815. The van der Waals surface area contributed by atoms with Gasteiger partial charge in [-0.2, -0.15) is 0 Å². The molecule has 2 N–H and O–H groups in total. The van der Waals surface area contributed by atoms with Crippen LogP contribution in [0.1, 0.15) is 44.2 Å². The van der Waals surface area contributed by atoms with E-state index in [1.165, 1.54) is 5.39 Å². The lowest BCUT2D eigenvalue weighted by molar-refractivity contribution is -0.137. The highest BCUT2D eigenvalue weighted by Gasteiger charge is 2.10. The summed E-state index contributed by atoms with van der Waals surface area (Å²) >= 11 is 0. The van der Waals surface area contributed by atoms with Crippen LogP contribution in [-0.4, -0.2) is 17.0 Å². The molecule has 0 radical (unpaired) electrons. The lowest BCUT2D eigenvalue weighted by Gasteiger charge is -2.15. The lowest BCUT2D eigenvalue weighted by atomic mass is 10.0. The molecule has 0 heterocycles. The van der Waals surface area contributed by atoms with Gasteiger partial charge >= 0.3 is 5.97 Å². The molecule has 116 valence electrons. The Morgan fingerprint density at radius 1 is 1.05 bits per heavy atom. The van der Waals surface area contributed by atoms with Crippen molar-refractivity contribution in [1.82, 2.24) is 5.32 Å². The van der Waals surface area contributed by atoms with Gasteiger partial charge in [-0.15, -0.1) is 0 Å². The fourth-order valence-corrected chi connectivity index (χ4v) is 2.44. The highest BCUT2D eigenvalue weighted by molar-refractivity contribution is 5.83. The molecule has 4 heteroatoms. The minimum absolute atomic E-state index is 0.0361. The summed E-state index contributed by atoms with van der Waals surface area (Å²) in [7, 11) is 0. The lowest BCUT2D eigenvalue weighted by Crippen LogP contribution is -2.26. The maximum Gasteiger partial charge on any atom is 0.303 e. The monoisotopic (exact) mass is 299 g/mol. The van der Waals surface area contributed by atoms with Crippen LogP contribution in [0.25, 0.3) is 10.8 Å². The Labute approximate surface area is 130 Å². The number of carbonyl (C=O) groups excluding carboxylic acids is 1. The van der Waals surface area contributed by atoms with Crippen molar-refractivity contribution >= 4 is 22.6 Å². The second-order valence-electron chi connectivity index (χ2n) is 5.50. The summed E-state index contributed by atoms with van der Waals surface area (Å²) in [5.74, 6) is -0.851. The van der Waals surface area contributed by atoms with E-state index in [0.717, 1.165) is 10.9 Å². The Balaban J connectivity index is 1.88. The average molecular weight is 299 g/mol. The summed E-state index contributed by atoms with van der Waals surface area (Å²) in [6.45, 7) is 1.96. The number of amides is 1. The smallest absolute Gasteiger partial charge is 0.303 e. The predicted octanol–water partition coefficient (Wildman–Crippen LogP) is 3.66. The van der Waals surface area contributed by atoms with E-state index in [1.807, 2.05) is 25.1 Å².